The molecule has 3 rings (SSSR count). The molecule has 1 aromatic rings. The van der Waals surface area contributed by atoms with E-state index in [1.807, 2.05) is 66.9 Å². The summed E-state index contributed by atoms with van der Waals surface area (Å²) >= 11 is 0. The Morgan fingerprint density at radius 3 is 2.27 bits per heavy atom. The molecule has 0 spiro atoms. The Kier molecular flexibility index (Phi) is 21.6. The maximum atomic E-state index is 12.3. The molecule has 3 N–H and O–H groups in total. The number of nitrogens with one attached hydrogen (secondary N) is 2. The number of nitrogens with zero attached hydrogens (tertiary/aromatic N) is 3. The normalized spacial score (nSPS) is 15.0. The van der Waals surface area contributed by atoms with Gasteiger partial charge in [-0.05, 0) is 76.7 Å². The number of pyridine rings is 1. The minimum absolute atomic E-state index is 0.0868. The highest BCUT2D eigenvalue weighted by Crippen LogP contribution is 2.31. The van der Waals surface area contributed by atoms with Gasteiger partial charge >= 0.3 is 0 Å². The number of anilines is 1. The van der Waals surface area contributed by atoms with Gasteiger partial charge in [-0.1, -0.05) is 77.0 Å². The van der Waals surface area contributed by atoms with Gasteiger partial charge in [-0.2, -0.15) is 0 Å². The Balaban J connectivity index is 0.00000290. The van der Waals surface area contributed by atoms with Gasteiger partial charge in [0.2, 0.25) is 5.91 Å². The first-order chi connectivity index (χ1) is 21.2. The first-order valence-corrected chi connectivity index (χ1v) is 16.6. The number of rotatable bonds is 12. The topological polar surface area (TPSA) is 80.7 Å². The summed E-state index contributed by atoms with van der Waals surface area (Å²) < 4.78 is 0. The van der Waals surface area contributed by atoms with E-state index in [2.05, 4.69) is 65.7 Å². The second-order valence-electron chi connectivity index (χ2n) is 10.6. The molecule has 248 valence electrons. The Morgan fingerprint density at radius 1 is 1.07 bits per heavy atom. The van der Waals surface area contributed by atoms with Crippen molar-refractivity contribution < 1.29 is 9.90 Å². The number of hydrogen-bond acceptors (Lipinski definition) is 6. The average Bonchev–Trinajstić information content (AvgIpc) is 3.06. The second-order valence-corrected chi connectivity index (χ2v) is 10.6. The van der Waals surface area contributed by atoms with Gasteiger partial charge < -0.3 is 25.5 Å². The summed E-state index contributed by atoms with van der Waals surface area (Å²) in [6, 6.07) is 4.13. The number of likely N-dealkylation sites (N-methyl/N-ethyl adjacent to an activating group) is 2. The number of allylic oxidation sites excluding steroid dienone is 7. The summed E-state index contributed by atoms with van der Waals surface area (Å²) in [4.78, 5) is 20.8. The van der Waals surface area contributed by atoms with Crippen molar-refractivity contribution in [1.82, 2.24) is 20.1 Å². The van der Waals surface area contributed by atoms with E-state index >= 15 is 0 Å². The monoisotopic (exact) mass is 609 g/mol. The molecule has 0 bridgehead atoms. The van der Waals surface area contributed by atoms with Gasteiger partial charge in [0.05, 0.1) is 0 Å². The molecule has 1 aliphatic heterocycles. The zero-order valence-corrected chi connectivity index (χ0v) is 30.0. The molecule has 0 saturated carbocycles. The molecule has 0 aromatic carbocycles. The van der Waals surface area contributed by atoms with Crippen molar-refractivity contribution in [1.29, 1.82) is 0 Å². The molecular formula is C37H63N5O2. The summed E-state index contributed by atoms with van der Waals surface area (Å²) in [6.45, 7) is 19.1. The largest absolute Gasteiger partial charge is 0.396 e. The SMILES string of the molecule is CC.CC.CC.CNc1ccc(C2=CCNC(C)=C2/C=C(\C)CN(C)CCC(CCO)C2=CC=C(C(=O)N(C)C)CC2)cn1. The van der Waals surface area contributed by atoms with Crippen molar-refractivity contribution in [3.05, 3.63) is 76.2 Å². The van der Waals surface area contributed by atoms with E-state index in [0.29, 0.717) is 5.92 Å². The third-order valence-corrected chi connectivity index (χ3v) is 7.33. The predicted octanol–water partition coefficient (Wildman–Crippen LogP) is 7.46. The fourth-order valence-corrected chi connectivity index (χ4v) is 5.18. The molecule has 0 radical (unpaired) electrons. The molecule has 0 saturated heterocycles. The molecule has 44 heavy (non-hydrogen) atoms. The van der Waals surface area contributed by atoms with Crippen LogP contribution in [0, 0.1) is 5.92 Å². The lowest BCUT2D eigenvalue weighted by Gasteiger charge is -2.26. The third-order valence-electron chi connectivity index (χ3n) is 7.33. The van der Waals surface area contributed by atoms with Crippen molar-refractivity contribution in [2.24, 2.45) is 5.92 Å². The summed E-state index contributed by atoms with van der Waals surface area (Å²) in [6.07, 6.45) is 13.9. The fourth-order valence-electron chi connectivity index (χ4n) is 5.18. The van der Waals surface area contributed by atoms with Crippen molar-refractivity contribution in [3.63, 3.8) is 0 Å². The average molecular weight is 610 g/mol. The second kappa shape index (κ2) is 23.3. The number of aliphatic hydroxyl groups excluding tert-OH is 1. The van der Waals surface area contributed by atoms with E-state index in [9.17, 15) is 9.90 Å². The number of aliphatic hydroxyl groups is 1. The molecule has 1 amide bonds. The lowest BCUT2D eigenvalue weighted by molar-refractivity contribution is -0.124. The van der Waals surface area contributed by atoms with Gasteiger partial charge in [0, 0.05) is 69.4 Å². The summed E-state index contributed by atoms with van der Waals surface area (Å²) in [5, 5.41) is 16.3. The minimum Gasteiger partial charge on any atom is -0.396 e. The van der Waals surface area contributed by atoms with E-state index in [1.54, 1.807) is 19.0 Å². The minimum atomic E-state index is 0.0868. The van der Waals surface area contributed by atoms with E-state index in [1.165, 1.54) is 28.0 Å². The lowest BCUT2D eigenvalue weighted by atomic mass is 9.85. The highest BCUT2D eigenvalue weighted by atomic mass is 16.3. The number of hydrogen-bond donors (Lipinski definition) is 3. The molecule has 1 aromatic heterocycles. The highest BCUT2D eigenvalue weighted by molar-refractivity contribution is 5.93. The van der Waals surface area contributed by atoms with E-state index < -0.39 is 0 Å². The van der Waals surface area contributed by atoms with Crippen LogP contribution in [0.2, 0.25) is 0 Å². The highest BCUT2D eigenvalue weighted by Gasteiger charge is 2.21. The summed E-state index contributed by atoms with van der Waals surface area (Å²) in [7, 11) is 7.63. The molecule has 7 nitrogen and oxygen atoms in total. The third kappa shape index (κ3) is 13.2. The van der Waals surface area contributed by atoms with Crippen LogP contribution in [-0.2, 0) is 4.79 Å². The maximum Gasteiger partial charge on any atom is 0.249 e. The number of amides is 1. The van der Waals surface area contributed by atoms with E-state index in [-0.39, 0.29) is 12.5 Å². The summed E-state index contributed by atoms with van der Waals surface area (Å²) in [5.41, 5.74) is 8.22. The number of dihydropyridines is 1. The van der Waals surface area contributed by atoms with E-state index in [0.717, 1.165) is 62.3 Å². The fraction of sp³-hybridized carbons (Fsp3) is 0.568. The van der Waals surface area contributed by atoms with Crippen LogP contribution in [0.3, 0.4) is 0 Å². The van der Waals surface area contributed by atoms with Crippen LogP contribution in [-0.4, -0.2) is 80.2 Å². The Morgan fingerprint density at radius 2 is 1.75 bits per heavy atom. The quantitative estimate of drug-likeness (QED) is 0.228. The predicted molar refractivity (Wildman–Crippen MR) is 192 cm³/mol. The molecule has 1 atom stereocenters. The number of carbonyl (C=O) groups excluding carboxylic acids is 1. The molecule has 0 fully saturated rings. The van der Waals surface area contributed by atoms with Gasteiger partial charge in [0.25, 0.3) is 0 Å². The van der Waals surface area contributed by atoms with Gasteiger partial charge in [-0.15, -0.1) is 0 Å². The smallest absolute Gasteiger partial charge is 0.249 e. The molecule has 2 aliphatic rings. The van der Waals surface area contributed by atoms with Crippen LogP contribution in [0.5, 0.6) is 0 Å². The maximum absolute atomic E-state index is 12.3. The molecule has 7 heteroatoms. The van der Waals surface area contributed by atoms with Crippen LogP contribution < -0.4 is 10.6 Å². The molecular weight excluding hydrogens is 546 g/mol. The first kappa shape index (κ1) is 40.8. The van der Waals surface area contributed by atoms with Crippen molar-refractivity contribution in [3.8, 4) is 0 Å². The number of aromatic nitrogens is 1. The van der Waals surface area contributed by atoms with Gasteiger partial charge in [0.15, 0.2) is 0 Å². The van der Waals surface area contributed by atoms with Crippen LogP contribution in [0.4, 0.5) is 5.82 Å². The van der Waals surface area contributed by atoms with Crippen LogP contribution in [0.1, 0.15) is 86.6 Å². The first-order valence-electron chi connectivity index (χ1n) is 16.6. The van der Waals surface area contributed by atoms with Crippen molar-refractivity contribution >= 4 is 17.3 Å². The molecule has 2 heterocycles. The summed E-state index contributed by atoms with van der Waals surface area (Å²) in [5.74, 6) is 1.28. The molecule has 1 aliphatic carbocycles. The van der Waals surface area contributed by atoms with E-state index in [4.69, 9.17) is 0 Å². The van der Waals surface area contributed by atoms with Crippen LogP contribution >= 0.6 is 0 Å². The van der Waals surface area contributed by atoms with Gasteiger partial charge in [0.1, 0.15) is 5.82 Å². The van der Waals surface area contributed by atoms with Crippen LogP contribution in [0.15, 0.2) is 70.6 Å². The van der Waals surface area contributed by atoms with Crippen molar-refractivity contribution in [2.75, 3.05) is 59.7 Å². The Labute approximate surface area is 269 Å². The zero-order valence-electron chi connectivity index (χ0n) is 30.0. The lowest BCUT2D eigenvalue weighted by Crippen LogP contribution is -2.26. The van der Waals surface area contributed by atoms with Crippen molar-refractivity contribution in [2.45, 2.75) is 81.1 Å². The standard InChI is InChI=1S/C31H45N5O2.3C2H6/c1-22(19-29-23(2)33-16-13-28(29)27-11-12-30(32-3)34-20-27)21-36(6)17-14-25(15-18-37)24-7-9-26(10-8-24)31(38)35(4)5;3*1-2/h7,9,11-13,19-20,25,33,37H,8,10,14-18,21H2,1-6H3,(H,32,34);3*1-2H3/b22-19+;;;. The van der Waals surface area contributed by atoms with Gasteiger partial charge in [-0.25, -0.2) is 4.98 Å². The van der Waals surface area contributed by atoms with Gasteiger partial charge in [-0.3, -0.25) is 4.79 Å². The molecule has 1 unspecified atom stereocenters. The Bertz CT molecular complexity index is 1130. The number of carbonyl (C=O) groups is 1. The zero-order chi connectivity index (χ0) is 33.7. The van der Waals surface area contributed by atoms with Crippen LogP contribution in [0.25, 0.3) is 5.57 Å². The Hall–Kier alpha value is -3.16.